The van der Waals surface area contributed by atoms with Gasteiger partial charge in [0.2, 0.25) is 5.95 Å². The Morgan fingerprint density at radius 1 is 1.25 bits per heavy atom. The van der Waals surface area contributed by atoms with E-state index in [1.54, 1.807) is 30.1 Å². The first-order valence-corrected chi connectivity index (χ1v) is 7.48. The molecule has 24 heavy (non-hydrogen) atoms. The summed E-state index contributed by atoms with van der Waals surface area (Å²) >= 11 is 0. The van der Waals surface area contributed by atoms with Gasteiger partial charge in [-0.3, -0.25) is 4.79 Å². The molecular weight excluding hydrogens is 309 g/mol. The van der Waals surface area contributed by atoms with E-state index in [0.717, 1.165) is 11.1 Å². The van der Waals surface area contributed by atoms with Crippen molar-refractivity contribution < 1.29 is 9.18 Å². The highest BCUT2D eigenvalue weighted by Gasteiger charge is 2.25. The quantitative estimate of drug-likeness (QED) is 0.679. The molecule has 0 fully saturated rings. The number of aromatic nitrogens is 4. The Morgan fingerprint density at radius 2 is 2.08 bits per heavy atom. The molecule has 7 heteroatoms. The third-order valence-corrected chi connectivity index (χ3v) is 4.23. The molecule has 1 amide bonds. The van der Waals surface area contributed by atoms with Crippen molar-refractivity contribution in [3.8, 4) is 16.9 Å². The van der Waals surface area contributed by atoms with Crippen LogP contribution < -0.4 is 0 Å². The molecule has 3 aromatic rings. The number of carbonyl (C=O) groups excluding carboxylic acids is 1. The summed E-state index contributed by atoms with van der Waals surface area (Å²) in [5.74, 6) is -0.576. The van der Waals surface area contributed by atoms with Crippen molar-refractivity contribution in [2.24, 2.45) is 0 Å². The Kier molecular flexibility index (Phi) is 3.16. The summed E-state index contributed by atoms with van der Waals surface area (Å²) in [5, 5.41) is 8.24. The number of rotatable bonds is 2. The van der Waals surface area contributed by atoms with Crippen molar-refractivity contribution in [3.05, 3.63) is 59.3 Å². The largest absolute Gasteiger partial charge is 0.337 e. The number of nitrogens with zero attached hydrogens (tertiary/aromatic N) is 5. The molecule has 0 bridgehead atoms. The summed E-state index contributed by atoms with van der Waals surface area (Å²) in [6.45, 7) is 2.40. The van der Waals surface area contributed by atoms with E-state index >= 15 is 0 Å². The van der Waals surface area contributed by atoms with Crippen molar-refractivity contribution >= 4 is 5.91 Å². The lowest BCUT2D eigenvalue weighted by molar-refractivity contribution is 0.0816. The van der Waals surface area contributed by atoms with E-state index in [2.05, 4.69) is 15.3 Å². The van der Waals surface area contributed by atoms with Crippen LogP contribution in [0.5, 0.6) is 0 Å². The Morgan fingerprint density at radius 3 is 2.88 bits per heavy atom. The third-order valence-electron chi connectivity index (χ3n) is 4.23. The maximum Gasteiger partial charge on any atom is 0.254 e. The second-order valence-electron chi connectivity index (χ2n) is 5.78. The minimum atomic E-state index is -0.599. The van der Waals surface area contributed by atoms with E-state index in [4.69, 9.17) is 0 Å². The van der Waals surface area contributed by atoms with Crippen molar-refractivity contribution in [1.82, 2.24) is 24.9 Å². The summed E-state index contributed by atoms with van der Waals surface area (Å²) < 4.78 is 15.3. The number of benzene rings is 1. The number of pyridine rings is 1. The van der Waals surface area contributed by atoms with E-state index in [1.807, 2.05) is 19.1 Å². The van der Waals surface area contributed by atoms with Gasteiger partial charge in [-0.15, -0.1) is 5.10 Å². The lowest BCUT2D eigenvalue weighted by atomic mass is 10.0. The lowest BCUT2D eigenvalue weighted by Crippen LogP contribution is -2.17. The van der Waals surface area contributed by atoms with Crippen LogP contribution in [-0.2, 0) is 6.54 Å². The average molecular weight is 323 g/mol. The first-order chi connectivity index (χ1) is 11.6. The monoisotopic (exact) mass is 323 g/mol. The fourth-order valence-corrected chi connectivity index (χ4v) is 2.97. The molecule has 0 radical (unpaired) electrons. The summed E-state index contributed by atoms with van der Waals surface area (Å²) in [5.41, 5.74) is 4.14. The van der Waals surface area contributed by atoms with Gasteiger partial charge in [-0.05, 0) is 36.8 Å². The average Bonchev–Trinajstić information content (AvgIpc) is 3.08. The zero-order valence-corrected chi connectivity index (χ0v) is 13.2. The predicted molar refractivity (Wildman–Crippen MR) is 85.1 cm³/mol. The normalized spacial score (nSPS) is 13.5. The highest BCUT2D eigenvalue weighted by molar-refractivity contribution is 5.98. The summed E-state index contributed by atoms with van der Waals surface area (Å²) in [6, 6.07) is 8.84. The smallest absolute Gasteiger partial charge is 0.254 e. The molecule has 0 saturated carbocycles. The maximum atomic E-state index is 13.9. The van der Waals surface area contributed by atoms with Gasteiger partial charge in [0.15, 0.2) is 0 Å². The SMILES string of the molecule is Cc1c(-c2ccc3c(c2)CN(C)C3=O)nnn1-c1cccnc1F. The van der Waals surface area contributed by atoms with Gasteiger partial charge < -0.3 is 4.90 Å². The zero-order valence-electron chi connectivity index (χ0n) is 13.2. The van der Waals surface area contributed by atoms with Crippen LogP contribution in [0.25, 0.3) is 16.9 Å². The van der Waals surface area contributed by atoms with Crippen LogP contribution in [0.1, 0.15) is 21.6 Å². The van der Waals surface area contributed by atoms with Crippen molar-refractivity contribution in [3.63, 3.8) is 0 Å². The van der Waals surface area contributed by atoms with E-state index in [9.17, 15) is 9.18 Å². The van der Waals surface area contributed by atoms with Crippen LogP contribution in [0.3, 0.4) is 0 Å². The molecular formula is C17H14FN5O. The molecule has 0 atom stereocenters. The number of carbonyl (C=O) groups is 1. The van der Waals surface area contributed by atoms with Gasteiger partial charge in [-0.1, -0.05) is 11.3 Å². The van der Waals surface area contributed by atoms with E-state index in [0.29, 0.717) is 23.5 Å². The number of fused-ring (bicyclic) bond motifs is 1. The first kappa shape index (κ1) is 14.5. The molecule has 4 rings (SSSR count). The molecule has 1 aromatic carbocycles. The van der Waals surface area contributed by atoms with Crippen LogP contribution in [0.4, 0.5) is 4.39 Å². The number of hydrogen-bond donors (Lipinski definition) is 0. The second-order valence-corrected chi connectivity index (χ2v) is 5.78. The Balaban J connectivity index is 1.79. The molecule has 0 spiro atoms. The van der Waals surface area contributed by atoms with Crippen molar-refractivity contribution in [1.29, 1.82) is 0 Å². The summed E-state index contributed by atoms with van der Waals surface area (Å²) in [6.07, 6.45) is 1.39. The van der Waals surface area contributed by atoms with Gasteiger partial charge in [0, 0.05) is 30.9 Å². The Bertz CT molecular complexity index is 965. The van der Waals surface area contributed by atoms with Crippen molar-refractivity contribution in [2.45, 2.75) is 13.5 Å². The maximum absolute atomic E-state index is 13.9. The van der Waals surface area contributed by atoms with Gasteiger partial charge >= 0.3 is 0 Å². The Hall–Kier alpha value is -3.09. The molecule has 2 aromatic heterocycles. The van der Waals surface area contributed by atoms with Crippen LogP contribution in [0.2, 0.25) is 0 Å². The molecule has 3 heterocycles. The summed E-state index contributed by atoms with van der Waals surface area (Å²) in [7, 11) is 1.77. The zero-order chi connectivity index (χ0) is 16.8. The molecule has 1 aliphatic rings. The van der Waals surface area contributed by atoms with Gasteiger partial charge in [-0.2, -0.15) is 4.39 Å². The fourth-order valence-electron chi connectivity index (χ4n) is 2.97. The number of amides is 1. The van der Waals surface area contributed by atoms with E-state index in [1.165, 1.54) is 10.9 Å². The molecule has 0 unspecified atom stereocenters. The third kappa shape index (κ3) is 2.09. The highest BCUT2D eigenvalue weighted by atomic mass is 19.1. The fraction of sp³-hybridized carbons (Fsp3) is 0.176. The Labute approximate surface area is 137 Å². The second kappa shape index (κ2) is 5.23. The van der Waals surface area contributed by atoms with E-state index in [-0.39, 0.29) is 11.6 Å². The highest BCUT2D eigenvalue weighted by Crippen LogP contribution is 2.29. The summed E-state index contributed by atoms with van der Waals surface area (Å²) in [4.78, 5) is 17.3. The minimum Gasteiger partial charge on any atom is -0.337 e. The molecule has 0 saturated heterocycles. The number of halogens is 1. The van der Waals surface area contributed by atoms with Crippen molar-refractivity contribution in [2.75, 3.05) is 7.05 Å². The van der Waals surface area contributed by atoms with Crippen LogP contribution >= 0.6 is 0 Å². The molecule has 0 N–H and O–H groups in total. The van der Waals surface area contributed by atoms with Crippen LogP contribution in [0, 0.1) is 12.9 Å². The van der Waals surface area contributed by atoms with Gasteiger partial charge in [0.1, 0.15) is 11.4 Å². The molecule has 120 valence electrons. The van der Waals surface area contributed by atoms with Gasteiger partial charge in [-0.25, -0.2) is 9.67 Å². The molecule has 6 nitrogen and oxygen atoms in total. The van der Waals surface area contributed by atoms with E-state index < -0.39 is 5.95 Å². The van der Waals surface area contributed by atoms with Gasteiger partial charge in [0.05, 0.1) is 5.69 Å². The first-order valence-electron chi connectivity index (χ1n) is 7.48. The number of hydrogen-bond acceptors (Lipinski definition) is 4. The lowest BCUT2D eigenvalue weighted by Gasteiger charge is -2.05. The predicted octanol–water partition coefficient (Wildman–Crippen LogP) is 2.36. The standard InChI is InChI=1S/C17H14FN5O/c1-10-15(20-21-23(10)14-4-3-7-19-16(14)18)11-5-6-13-12(8-11)9-22(2)17(13)24/h3-8H,9H2,1-2H3. The topological polar surface area (TPSA) is 63.9 Å². The molecule has 1 aliphatic heterocycles. The van der Waals surface area contributed by atoms with Crippen LogP contribution in [-0.4, -0.2) is 37.8 Å². The minimum absolute atomic E-state index is 0.0226. The van der Waals surface area contributed by atoms with Gasteiger partial charge in [0.25, 0.3) is 5.91 Å². The molecule has 0 aliphatic carbocycles. The van der Waals surface area contributed by atoms with Crippen LogP contribution in [0.15, 0.2) is 36.5 Å².